The summed E-state index contributed by atoms with van der Waals surface area (Å²) in [7, 11) is 0. The van der Waals surface area contributed by atoms with Crippen molar-refractivity contribution in [1.29, 1.82) is 0 Å². The van der Waals surface area contributed by atoms with E-state index < -0.39 is 53.4 Å². The molecule has 1 aromatic heterocycles. The van der Waals surface area contributed by atoms with Gasteiger partial charge in [0.05, 0.1) is 23.1 Å². The monoisotopic (exact) mass is 503 g/mol. The van der Waals surface area contributed by atoms with Gasteiger partial charge in [0, 0.05) is 0 Å². The predicted octanol–water partition coefficient (Wildman–Crippen LogP) is 4.37. The molecule has 0 unspecified atom stereocenters. The van der Waals surface area contributed by atoms with Gasteiger partial charge < -0.3 is 19.4 Å². The zero-order chi connectivity index (χ0) is 26.6. The van der Waals surface area contributed by atoms with Gasteiger partial charge in [0.2, 0.25) is 0 Å². The van der Waals surface area contributed by atoms with Crippen molar-refractivity contribution in [3.63, 3.8) is 0 Å². The van der Waals surface area contributed by atoms with E-state index in [-0.39, 0.29) is 36.5 Å². The van der Waals surface area contributed by atoms with Gasteiger partial charge in [-0.2, -0.15) is 13.2 Å². The Morgan fingerprint density at radius 2 is 1.83 bits per heavy atom. The number of carbonyl (C=O) groups is 2. The fourth-order valence-electron chi connectivity index (χ4n) is 3.26. The molecule has 0 saturated carbocycles. The topological polar surface area (TPSA) is 99.5 Å². The molecular weight excluding hydrogens is 474 g/mol. The number of halogens is 4. The summed E-state index contributed by atoms with van der Waals surface area (Å²) in [5.74, 6) is -0.759. The number of fused-ring (bicyclic) bond motifs is 1. The van der Waals surface area contributed by atoms with Crippen LogP contribution in [-0.4, -0.2) is 39.9 Å². The number of carbonyl (C=O) groups excluding carboxylic acids is 2. The minimum Gasteiger partial charge on any atom is -0.462 e. The summed E-state index contributed by atoms with van der Waals surface area (Å²) < 4.78 is 63.9. The Kier molecular flexibility index (Phi) is 8.85. The highest BCUT2D eigenvalue weighted by molar-refractivity contribution is 5.81. The first-order chi connectivity index (χ1) is 16.1. The highest BCUT2D eigenvalue weighted by Crippen LogP contribution is 2.30. The first-order valence-corrected chi connectivity index (χ1v) is 10.9. The Labute approximate surface area is 199 Å². The molecule has 0 aliphatic carbocycles. The third kappa shape index (κ3) is 7.93. The van der Waals surface area contributed by atoms with Crippen LogP contribution in [0.1, 0.15) is 52.3 Å². The molecule has 0 spiro atoms. The summed E-state index contributed by atoms with van der Waals surface area (Å²) in [5, 5.41) is 2.46. The molecule has 0 aliphatic rings. The van der Waals surface area contributed by atoms with E-state index in [0.717, 1.165) is 22.8 Å². The SMILES string of the molecule is CC(C)C[C@@H](NC(=O)OC(C)(C)C)C(=O)OCCn1c(=O)c(CF)nc2cc(C(F)(F)F)ccc21. The second kappa shape index (κ2) is 11.0. The number of aromatic nitrogens is 2. The molecule has 0 bridgehead atoms. The maximum absolute atomic E-state index is 13.3. The Morgan fingerprint density at radius 1 is 1.17 bits per heavy atom. The van der Waals surface area contributed by atoms with Crippen molar-refractivity contribution in [2.24, 2.45) is 5.92 Å². The highest BCUT2D eigenvalue weighted by atomic mass is 19.4. The number of alkyl halides is 4. The van der Waals surface area contributed by atoms with Crippen molar-refractivity contribution in [2.45, 2.75) is 72.1 Å². The van der Waals surface area contributed by atoms with Crippen LogP contribution in [0.25, 0.3) is 11.0 Å². The molecule has 0 saturated heterocycles. The summed E-state index contributed by atoms with van der Waals surface area (Å²) in [6.07, 6.45) is -5.19. The zero-order valence-corrected chi connectivity index (χ0v) is 20.2. The van der Waals surface area contributed by atoms with E-state index in [0.29, 0.717) is 0 Å². The number of nitrogens with zero attached hydrogens (tertiary/aromatic N) is 2. The molecule has 0 aliphatic heterocycles. The molecule has 1 amide bonds. The van der Waals surface area contributed by atoms with Gasteiger partial charge in [-0.3, -0.25) is 4.79 Å². The van der Waals surface area contributed by atoms with Gasteiger partial charge in [0.15, 0.2) is 0 Å². The summed E-state index contributed by atoms with van der Waals surface area (Å²) in [6, 6.07) is 1.54. The van der Waals surface area contributed by atoms with E-state index >= 15 is 0 Å². The van der Waals surface area contributed by atoms with Crippen LogP contribution >= 0.6 is 0 Å². The summed E-state index contributed by atoms with van der Waals surface area (Å²) in [6.45, 7) is 6.80. The molecule has 2 rings (SSSR count). The van der Waals surface area contributed by atoms with Gasteiger partial charge in [0.25, 0.3) is 5.56 Å². The normalized spacial score (nSPS) is 13.1. The minimum absolute atomic E-state index is 0.0178. The summed E-state index contributed by atoms with van der Waals surface area (Å²) in [5.41, 5.74) is -3.37. The zero-order valence-electron chi connectivity index (χ0n) is 20.2. The molecular formula is C23H29F4N3O5. The molecule has 8 nitrogen and oxygen atoms in total. The lowest BCUT2D eigenvalue weighted by Crippen LogP contribution is -2.45. The third-order valence-electron chi connectivity index (χ3n) is 4.71. The number of rotatable bonds is 8. The molecule has 1 atom stereocenters. The van der Waals surface area contributed by atoms with Crippen LogP contribution in [0.2, 0.25) is 0 Å². The van der Waals surface area contributed by atoms with Crippen LogP contribution < -0.4 is 10.9 Å². The second-order valence-electron chi connectivity index (χ2n) is 9.35. The summed E-state index contributed by atoms with van der Waals surface area (Å²) >= 11 is 0. The maximum Gasteiger partial charge on any atom is 0.416 e. The van der Waals surface area contributed by atoms with Crippen molar-refractivity contribution < 1.29 is 36.6 Å². The van der Waals surface area contributed by atoms with Crippen LogP contribution in [0.4, 0.5) is 22.4 Å². The van der Waals surface area contributed by atoms with E-state index in [9.17, 15) is 31.9 Å². The van der Waals surface area contributed by atoms with E-state index in [1.807, 2.05) is 13.8 Å². The maximum atomic E-state index is 13.3. The van der Waals surface area contributed by atoms with Crippen LogP contribution in [0.3, 0.4) is 0 Å². The van der Waals surface area contributed by atoms with Crippen molar-refractivity contribution in [3.8, 4) is 0 Å². The molecule has 35 heavy (non-hydrogen) atoms. The predicted molar refractivity (Wildman–Crippen MR) is 119 cm³/mol. The smallest absolute Gasteiger partial charge is 0.416 e. The Morgan fingerprint density at radius 3 is 2.37 bits per heavy atom. The second-order valence-corrected chi connectivity index (χ2v) is 9.35. The van der Waals surface area contributed by atoms with Gasteiger partial charge in [0.1, 0.15) is 30.6 Å². The van der Waals surface area contributed by atoms with E-state index in [4.69, 9.17) is 9.47 Å². The standard InChI is InChI=1S/C23H29F4N3O5/c1-13(2)10-16(29-21(33)35-22(3,4)5)20(32)34-9-8-30-18-7-6-14(23(25,26)27)11-15(18)28-17(12-24)19(30)31/h6-7,11,13,16H,8-10,12H2,1-5H3,(H,29,33)/t16-/m1/s1. The number of benzene rings is 1. The lowest BCUT2D eigenvalue weighted by atomic mass is 10.0. The van der Waals surface area contributed by atoms with Crippen LogP contribution in [-0.2, 0) is 33.7 Å². The molecule has 2 aromatic rings. The molecule has 1 aromatic carbocycles. The van der Waals surface area contributed by atoms with Gasteiger partial charge in [-0.25, -0.2) is 19.0 Å². The van der Waals surface area contributed by atoms with Crippen molar-refractivity contribution in [1.82, 2.24) is 14.9 Å². The van der Waals surface area contributed by atoms with Gasteiger partial charge in [-0.1, -0.05) is 13.8 Å². The minimum atomic E-state index is -4.64. The van der Waals surface area contributed by atoms with Gasteiger partial charge in [-0.15, -0.1) is 0 Å². The quantitative estimate of drug-likeness (QED) is 0.424. The van der Waals surface area contributed by atoms with E-state index in [1.165, 1.54) is 0 Å². The number of hydrogen-bond acceptors (Lipinski definition) is 6. The number of alkyl carbamates (subject to hydrolysis) is 1. The number of hydrogen-bond donors (Lipinski definition) is 1. The van der Waals surface area contributed by atoms with Crippen molar-refractivity contribution >= 4 is 23.1 Å². The van der Waals surface area contributed by atoms with Crippen molar-refractivity contribution in [2.75, 3.05) is 6.61 Å². The number of amides is 1. The largest absolute Gasteiger partial charge is 0.462 e. The van der Waals surface area contributed by atoms with E-state index in [1.54, 1.807) is 20.8 Å². The average molecular weight is 503 g/mol. The molecule has 12 heteroatoms. The van der Waals surface area contributed by atoms with Crippen molar-refractivity contribution in [3.05, 3.63) is 39.8 Å². The number of ether oxygens (including phenoxy) is 2. The van der Waals surface area contributed by atoms with E-state index in [2.05, 4.69) is 10.3 Å². The first kappa shape index (κ1) is 28.1. The average Bonchev–Trinajstić information content (AvgIpc) is 2.71. The van der Waals surface area contributed by atoms with Crippen LogP contribution in [0.15, 0.2) is 23.0 Å². The Hall–Kier alpha value is -3.18. The van der Waals surface area contributed by atoms with Crippen LogP contribution in [0, 0.1) is 5.92 Å². The first-order valence-electron chi connectivity index (χ1n) is 10.9. The fraction of sp³-hybridized carbons (Fsp3) is 0.565. The lowest BCUT2D eigenvalue weighted by Gasteiger charge is -2.23. The molecule has 1 heterocycles. The highest BCUT2D eigenvalue weighted by Gasteiger charge is 2.31. The van der Waals surface area contributed by atoms with Gasteiger partial charge in [-0.05, 0) is 51.3 Å². The number of nitrogens with one attached hydrogen (secondary N) is 1. The molecule has 194 valence electrons. The third-order valence-corrected chi connectivity index (χ3v) is 4.71. The molecule has 1 N–H and O–H groups in total. The Balaban J connectivity index is 2.22. The number of esters is 1. The molecule has 0 radical (unpaired) electrons. The van der Waals surface area contributed by atoms with Gasteiger partial charge >= 0.3 is 18.2 Å². The lowest BCUT2D eigenvalue weighted by molar-refractivity contribution is -0.147. The molecule has 0 fully saturated rings. The van der Waals surface area contributed by atoms with Crippen LogP contribution in [0.5, 0.6) is 0 Å². The Bertz CT molecular complexity index is 1120. The fourth-order valence-corrected chi connectivity index (χ4v) is 3.26. The summed E-state index contributed by atoms with van der Waals surface area (Å²) in [4.78, 5) is 41.0.